The van der Waals surface area contributed by atoms with E-state index in [2.05, 4.69) is 19.2 Å². The maximum atomic E-state index is 13.0. The van der Waals surface area contributed by atoms with Crippen LogP contribution < -0.4 is 5.32 Å². The molecule has 3 amide bonds. The number of nitrogens with one attached hydrogen (secondary N) is 1. The molecule has 1 heterocycles. The monoisotopic (exact) mass is 350 g/mol. The van der Waals surface area contributed by atoms with Crippen molar-refractivity contribution in [1.82, 2.24) is 4.90 Å². The van der Waals surface area contributed by atoms with E-state index in [1.807, 2.05) is 30.3 Å². The van der Waals surface area contributed by atoms with Gasteiger partial charge >= 0.3 is 0 Å². The molecular formula is C21H22N2O3. The second kappa shape index (κ2) is 7.12. The van der Waals surface area contributed by atoms with Gasteiger partial charge in [-0.15, -0.1) is 0 Å². The van der Waals surface area contributed by atoms with Crippen molar-refractivity contribution < 1.29 is 14.4 Å². The molecule has 1 aliphatic rings. The summed E-state index contributed by atoms with van der Waals surface area (Å²) in [6.45, 7) is 4.11. The van der Waals surface area contributed by atoms with E-state index in [1.165, 1.54) is 7.05 Å². The number of hydrogen-bond donors (Lipinski definition) is 1. The minimum absolute atomic E-state index is 0.115. The van der Waals surface area contributed by atoms with Gasteiger partial charge in [0.05, 0.1) is 17.0 Å². The molecule has 0 bridgehead atoms. The van der Waals surface area contributed by atoms with Crippen molar-refractivity contribution in [3.8, 4) is 0 Å². The molecule has 0 radical (unpaired) electrons. The van der Waals surface area contributed by atoms with Gasteiger partial charge in [0.25, 0.3) is 11.8 Å². The Kier molecular flexibility index (Phi) is 4.89. The highest BCUT2D eigenvalue weighted by molar-refractivity contribution is 6.21. The number of imide groups is 1. The SMILES string of the molecule is CC[C@H](C)[C@H](C(=O)Nc1ccc2c(c1)C(=O)N(C)C2=O)c1ccccc1. The van der Waals surface area contributed by atoms with Crippen LogP contribution in [0.2, 0.25) is 0 Å². The summed E-state index contributed by atoms with van der Waals surface area (Å²) >= 11 is 0. The van der Waals surface area contributed by atoms with Gasteiger partial charge in [-0.3, -0.25) is 19.3 Å². The summed E-state index contributed by atoms with van der Waals surface area (Å²) in [6, 6.07) is 14.5. The van der Waals surface area contributed by atoms with E-state index in [0.717, 1.165) is 16.9 Å². The Hall–Kier alpha value is -2.95. The molecule has 2 aromatic carbocycles. The Bertz CT molecular complexity index is 861. The fourth-order valence-electron chi connectivity index (χ4n) is 3.29. The molecule has 5 nitrogen and oxygen atoms in total. The minimum Gasteiger partial charge on any atom is -0.326 e. The molecule has 0 saturated carbocycles. The van der Waals surface area contributed by atoms with Crippen molar-refractivity contribution in [1.29, 1.82) is 0 Å². The number of carbonyl (C=O) groups excluding carboxylic acids is 3. The van der Waals surface area contributed by atoms with Gasteiger partial charge in [0, 0.05) is 12.7 Å². The molecule has 0 aliphatic carbocycles. The average molecular weight is 350 g/mol. The van der Waals surface area contributed by atoms with E-state index in [-0.39, 0.29) is 29.6 Å². The van der Waals surface area contributed by atoms with Gasteiger partial charge in [-0.05, 0) is 29.7 Å². The van der Waals surface area contributed by atoms with Crippen molar-refractivity contribution >= 4 is 23.4 Å². The smallest absolute Gasteiger partial charge is 0.261 e. The predicted molar refractivity (Wildman–Crippen MR) is 100 cm³/mol. The maximum absolute atomic E-state index is 13.0. The van der Waals surface area contributed by atoms with Crippen molar-refractivity contribution in [2.75, 3.05) is 12.4 Å². The zero-order valence-corrected chi connectivity index (χ0v) is 15.2. The number of carbonyl (C=O) groups is 3. The first-order valence-electron chi connectivity index (χ1n) is 8.76. The van der Waals surface area contributed by atoms with Crippen LogP contribution in [0, 0.1) is 5.92 Å². The standard InChI is InChI=1S/C21H22N2O3/c1-4-13(2)18(14-8-6-5-7-9-14)19(24)22-15-10-11-16-17(12-15)21(26)23(3)20(16)25/h5-13,18H,4H2,1-3H3,(H,22,24)/t13-,18-/m0/s1. The van der Waals surface area contributed by atoms with Crippen LogP contribution in [0.3, 0.4) is 0 Å². The van der Waals surface area contributed by atoms with Crippen LogP contribution in [-0.2, 0) is 4.79 Å². The number of benzene rings is 2. The van der Waals surface area contributed by atoms with Crippen molar-refractivity contribution in [3.63, 3.8) is 0 Å². The van der Waals surface area contributed by atoms with E-state index in [4.69, 9.17) is 0 Å². The minimum atomic E-state index is -0.345. The van der Waals surface area contributed by atoms with Crippen LogP contribution in [0.4, 0.5) is 5.69 Å². The topological polar surface area (TPSA) is 66.5 Å². The summed E-state index contributed by atoms with van der Waals surface area (Å²) in [7, 11) is 1.46. The summed E-state index contributed by atoms with van der Waals surface area (Å²) in [5, 5.41) is 2.91. The van der Waals surface area contributed by atoms with E-state index < -0.39 is 0 Å². The second-order valence-electron chi connectivity index (χ2n) is 6.69. The van der Waals surface area contributed by atoms with E-state index >= 15 is 0 Å². The first-order chi connectivity index (χ1) is 12.4. The van der Waals surface area contributed by atoms with Crippen LogP contribution >= 0.6 is 0 Å². The molecule has 0 aromatic heterocycles. The van der Waals surface area contributed by atoms with Crippen LogP contribution in [0.25, 0.3) is 0 Å². The number of anilines is 1. The lowest BCUT2D eigenvalue weighted by atomic mass is 9.85. The molecular weight excluding hydrogens is 328 g/mol. The predicted octanol–water partition coefficient (Wildman–Crippen LogP) is 3.68. The normalized spacial score (nSPS) is 15.6. The molecule has 0 spiro atoms. The first kappa shape index (κ1) is 17.9. The fourth-order valence-corrected chi connectivity index (χ4v) is 3.29. The summed E-state index contributed by atoms with van der Waals surface area (Å²) in [6.07, 6.45) is 0.870. The Morgan fingerprint density at radius 2 is 1.69 bits per heavy atom. The molecule has 0 saturated heterocycles. The van der Waals surface area contributed by atoms with E-state index in [0.29, 0.717) is 16.8 Å². The zero-order valence-electron chi connectivity index (χ0n) is 15.2. The van der Waals surface area contributed by atoms with Crippen molar-refractivity contribution in [2.24, 2.45) is 5.92 Å². The summed E-state index contributed by atoms with van der Waals surface area (Å²) in [4.78, 5) is 38.2. The van der Waals surface area contributed by atoms with E-state index in [9.17, 15) is 14.4 Å². The van der Waals surface area contributed by atoms with E-state index in [1.54, 1.807) is 18.2 Å². The average Bonchev–Trinajstić information content (AvgIpc) is 2.86. The number of amides is 3. The molecule has 2 atom stereocenters. The molecule has 1 N–H and O–H groups in total. The highest BCUT2D eigenvalue weighted by Crippen LogP contribution is 2.30. The van der Waals surface area contributed by atoms with Crippen LogP contribution in [0.15, 0.2) is 48.5 Å². The van der Waals surface area contributed by atoms with Crippen molar-refractivity contribution in [2.45, 2.75) is 26.2 Å². The summed E-state index contributed by atoms with van der Waals surface area (Å²) in [5.41, 5.74) is 2.19. The van der Waals surface area contributed by atoms with Crippen LogP contribution in [-0.4, -0.2) is 29.7 Å². The van der Waals surface area contributed by atoms with Crippen LogP contribution in [0.5, 0.6) is 0 Å². The number of hydrogen-bond acceptors (Lipinski definition) is 3. The Morgan fingerprint density at radius 1 is 1.04 bits per heavy atom. The highest BCUT2D eigenvalue weighted by atomic mass is 16.2. The third-order valence-electron chi connectivity index (χ3n) is 5.01. The lowest BCUT2D eigenvalue weighted by molar-refractivity contribution is -0.118. The number of nitrogens with zero attached hydrogens (tertiary/aromatic N) is 1. The number of rotatable bonds is 5. The van der Waals surface area contributed by atoms with Crippen LogP contribution in [0.1, 0.15) is 52.5 Å². The molecule has 134 valence electrons. The lowest BCUT2D eigenvalue weighted by Gasteiger charge is -2.23. The van der Waals surface area contributed by atoms with Gasteiger partial charge in [0.15, 0.2) is 0 Å². The molecule has 2 aromatic rings. The molecule has 26 heavy (non-hydrogen) atoms. The van der Waals surface area contributed by atoms with Gasteiger partial charge in [-0.1, -0.05) is 50.6 Å². The summed E-state index contributed by atoms with van der Waals surface area (Å²) in [5.74, 6) is -0.890. The Balaban J connectivity index is 1.87. The van der Waals surface area contributed by atoms with Gasteiger partial charge in [-0.2, -0.15) is 0 Å². The first-order valence-corrected chi connectivity index (χ1v) is 8.76. The highest BCUT2D eigenvalue weighted by Gasteiger charge is 2.33. The lowest BCUT2D eigenvalue weighted by Crippen LogP contribution is -2.26. The molecule has 3 rings (SSSR count). The third kappa shape index (κ3) is 3.12. The molecule has 5 heteroatoms. The van der Waals surface area contributed by atoms with Crippen molar-refractivity contribution in [3.05, 3.63) is 65.2 Å². The van der Waals surface area contributed by atoms with Gasteiger partial charge < -0.3 is 5.32 Å². The maximum Gasteiger partial charge on any atom is 0.261 e. The molecule has 1 aliphatic heterocycles. The molecule has 0 unspecified atom stereocenters. The Morgan fingerprint density at radius 3 is 2.35 bits per heavy atom. The quantitative estimate of drug-likeness (QED) is 0.837. The largest absolute Gasteiger partial charge is 0.326 e. The van der Waals surface area contributed by atoms with Gasteiger partial charge in [0.1, 0.15) is 0 Å². The Labute approximate surface area is 153 Å². The summed E-state index contributed by atoms with van der Waals surface area (Å²) < 4.78 is 0. The van der Waals surface area contributed by atoms with Gasteiger partial charge in [0.2, 0.25) is 5.91 Å². The number of fused-ring (bicyclic) bond motifs is 1. The fraction of sp³-hybridized carbons (Fsp3) is 0.286. The third-order valence-corrected chi connectivity index (χ3v) is 5.01. The van der Waals surface area contributed by atoms with Gasteiger partial charge in [-0.25, -0.2) is 0 Å². The second-order valence-corrected chi connectivity index (χ2v) is 6.69. The zero-order chi connectivity index (χ0) is 18.8. The molecule has 0 fully saturated rings.